The van der Waals surface area contributed by atoms with Crippen molar-refractivity contribution in [2.45, 2.75) is 37.8 Å². The van der Waals surface area contributed by atoms with E-state index in [1.54, 1.807) is 6.07 Å². The summed E-state index contributed by atoms with van der Waals surface area (Å²) in [6.07, 6.45) is 3.09. The minimum absolute atomic E-state index is 0.00832. The summed E-state index contributed by atoms with van der Waals surface area (Å²) in [5, 5.41) is 5.19. The van der Waals surface area contributed by atoms with Gasteiger partial charge in [-0.05, 0) is 24.6 Å². The van der Waals surface area contributed by atoms with Crippen LogP contribution in [0.25, 0.3) is 11.0 Å². The largest absolute Gasteiger partial charge is 0.493 e. The van der Waals surface area contributed by atoms with Gasteiger partial charge in [0.15, 0.2) is 0 Å². The number of nitrogens with two attached hydrogens (primary N) is 1. The van der Waals surface area contributed by atoms with E-state index in [0.29, 0.717) is 24.5 Å². The van der Waals surface area contributed by atoms with Crippen molar-refractivity contribution < 1.29 is 27.4 Å². The molecule has 0 saturated heterocycles. The second-order valence-corrected chi connectivity index (χ2v) is 7.57. The van der Waals surface area contributed by atoms with Gasteiger partial charge in [-0.15, -0.1) is 0 Å². The number of benzene rings is 1. The lowest BCUT2D eigenvalue weighted by Gasteiger charge is -2.14. The molecule has 2 heterocycles. The molecule has 9 nitrogen and oxygen atoms in total. The smallest absolute Gasteiger partial charge is 0.377 e. The summed E-state index contributed by atoms with van der Waals surface area (Å²) in [6, 6.07) is 4.51. The van der Waals surface area contributed by atoms with Crippen LogP contribution in [0.3, 0.4) is 0 Å². The number of carbonyl (C=O) groups excluding carboxylic acids is 1. The van der Waals surface area contributed by atoms with Crippen molar-refractivity contribution in [1.29, 1.82) is 0 Å². The quantitative estimate of drug-likeness (QED) is 0.703. The van der Waals surface area contributed by atoms with Gasteiger partial charge >= 0.3 is 5.97 Å². The molecule has 0 spiro atoms. The summed E-state index contributed by atoms with van der Waals surface area (Å²) in [7, 11) is -3.83. The number of aryl methyl sites for hydroxylation is 1. The van der Waals surface area contributed by atoms with Crippen LogP contribution in [0.2, 0.25) is 0 Å². The lowest BCUT2D eigenvalue weighted by molar-refractivity contribution is -0.146. The van der Waals surface area contributed by atoms with Gasteiger partial charge in [0.05, 0.1) is 15.9 Å². The third-order valence-electron chi connectivity index (χ3n) is 4.05. The van der Waals surface area contributed by atoms with Gasteiger partial charge in [-0.2, -0.15) is 0 Å². The molecule has 0 saturated carbocycles. The van der Waals surface area contributed by atoms with Crippen molar-refractivity contribution in [1.82, 2.24) is 9.55 Å². The molecule has 27 heavy (non-hydrogen) atoms. The number of carbonyl (C=O) groups is 1. The number of sulfonamides is 1. The summed E-state index contributed by atoms with van der Waals surface area (Å²) in [4.78, 5) is 16.5. The maximum atomic E-state index is 12.1. The third kappa shape index (κ3) is 4.40. The molecule has 10 heteroatoms. The van der Waals surface area contributed by atoms with Crippen molar-refractivity contribution in [3.63, 3.8) is 0 Å². The lowest BCUT2D eigenvalue weighted by Crippen LogP contribution is -2.18. The highest BCUT2D eigenvalue weighted by Crippen LogP contribution is 2.21. The minimum atomic E-state index is -3.83. The number of rotatable bonds is 7. The molecule has 0 fully saturated rings. The van der Waals surface area contributed by atoms with Crippen molar-refractivity contribution in [3.8, 4) is 0 Å². The predicted molar refractivity (Wildman–Crippen MR) is 95.8 cm³/mol. The van der Waals surface area contributed by atoms with Gasteiger partial charge in [-0.3, -0.25) is 0 Å². The SMILES string of the molecule is CCCCn1c(COC(=O)C2=COCCO2)nc2cc(S(N)(=O)=O)ccc21. The van der Waals surface area contributed by atoms with Gasteiger partial charge in [0.1, 0.15) is 31.9 Å². The van der Waals surface area contributed by atoms with Gasteiger partial charge in [0.25, 0.3) is 0 Å². The average Bonchev–Trinajstić information content (AvgIpc) is 3.01. The Hall–Kier alpha value is -2.59. The number of fused-ring (bicyclic) bond motifs is 1. The van der Waals surface area contributed by atoms with E-state index in [1.807, 2.05) is 4.57 Å². The standard InChI is InChI=1S/C17H21N3O6S/c1-2-3-6-20-14-5-4-12(27(18,22)23)9-13(14)19-16(20)11-26-17(21)15-10-24-7-8-25-15/h4-5,9-10H,2-3,6-8,11H2,1H3,(H2,18,22,23). The van der Waals surface area contributed by atoms with Crippen LogP contribution >= 0.6 is 0 Å². The topological polar surface area (TPSA) is 123 Å². The Kier molecular flexibility index (Phi) is 5.66. The second-order valence-electron chi connectivity index (χ2n) is 6.01. The first-order chi connectivity index (χ1) is 12.9. The lowest BCUT2D eigenvalue weighted by atomic mass is 10.3. The number of nitrogens with zero attached hydrogens (tertiary/aromatic N) is 2. The molecule has 0 radical (unpaired) electrons. The van der Waals surface area contributed by atoms with Crippen molar-refractivity contribution in [2.75, 3.05) is 13.2 Å². The molecular weight excluding hydrogens is 374 g/mol. The van der Waals surface area contributed by atoms with Gasteiger partial charge in [0.2, 0.25) is 15.8 Å². The van der Waals surface area contributed by atoms with E-state index in [4.69, 9.17) is 19.3 Å². The highest BCUT2D eigenvalue weighted by atomic mass is 32.2. The van der Waals surface area contributed by atoms with E-state index < -0.39 is 16.0 Å². The molecule has 0 amide bonds. The highest BCUT2D eigenvalue weighted by molar-refractivity contribution is 7.89. The first-order valence-corrected chi connectivity index (χ1v) is 10.1. The Bertz CT molecular complexity index is 980. The zero-order valence-electron chi connectivity index (χ0n) is 14.9. The summed E-state index contributed by atoms with van der Waals surface area (Å²) in [5.41, 5.74) is 1.22. The molecular formula is C17H21N3O6S. The molecule has 1 aromatic carbocycles. The van der Waals surface area contributed by atoms with Gasteiger partial charge in [-0.1, -0.05) is 13.3 Å². The number of aromatic nitrogens is 2. The fraction of sp³-hybridized carbons (Fsp3) is 0.412. The van der Waals surface area contributed by atoms with Crippen LogP contribution in [0.1, 0.15) is 25.6 Å². The van der Waals surface area contributed by atoms with Gasteiger partial charge in [-0.25, -0.2) is 23.3 Å². The number of unbranched alkanes of at least 4 members (excludes halogenated alkanes) is 1. The van der Waals surface area contributed by atoms with Crippen LogP contribution in [-0.2, 0) is 42.2 Å². The Balaban J connectivity index is 1.88. The Morgan fingerprint density at radius 2 is 2.19 bits per heavy atom. The van der Waals surface area contributed by atoms with Crippen LogP contribution in [0, 0.1) is 0 Å². The molecule has 1 aliphatic heterocycles. The Morgan fingerprint density at radius 1 is 1.37 bits per heavy atom. The van der Waals surface area contributed by atoms with Crippen LogP contribution in [0.5, 0.6) is 0 Å². The molecule has 0 bridgehead atoms. The molecule has 2 aromatic rings. The molecule has 0 atom stereocenters. The number of hydrogen-bond acceptors (Lipinski definition) is 7. The van der Waals surface area contributed by atoms with Gasteiger partial charge < -0.3 is 18.8 Å². The molecule has 3 rings (SSSR count). The van der Waals surface area contributed by atoms with E-state index in [9.17, 15) is 13.2 Å². The summed E-state index contributed by atoms with van der Waals surface area (Å²) >= 11 is 0. The third-order valence-corrected chi connectivity index (χ3v) is 4.96. The van der Waals surface area contributed by atoms with Crippen LogP contribution in [0.4, 0.5) is 0 Å². The first kappa shape index (κ1) is 19.2. The maximum Gasteiger partial charge on any atom is 0.377 e. The molecule has 146 valence electrons. The predicted octanol–water partition coefficient (Wildman–Crippen LogP) is 1.42. The molecule has 0 unspecified atom stereocenters. The van der Waals surface area contributed by atoms with Crippen LogP contribution < -0.4 is 5.14 Å². The summed E-state index contributed by atoms with van der Waals surface area (Å²) in [6.45, 7) is 3.31. The van der Waals surface area contributed by atoms with Crippen molar-refractivity contribution in [3.05, 3.63) is 36.0 Å². The van der Waals surface area contributed by atoms with E-state index in [2.05, 4.69) is 11.9 Å². The average molecular weight is 395 g/mol. The fourth-order valence-corrected chi connectivity index (χ4v) is 3.22. The van der Waals surface area contributed by atoms with E-state index in [-0.39, 0.29) is 23.9 Å². The van der Waals surface area contributed by atoms with E-state index in [0.717, 1.165) is 18.4 Å². The zero-order valence-corrected chi connectivity index (χ0v) is 15.7. The highest BCUT2D eigenvalue weighted by Gasteiger charge is 2.19. The van der Waals surface area contributed by atoms with E-state index >= 15 is 0 Å². The minimum Gasteiger partial charge on any atom is -0.493 e. The number of esters is 1. The normalized spacial score (nSPS) is 14.4. The second kappa shape index (κ2) is 7.97. The first-order valence-electron chi connectivity index (χ1n) is 8.54. The molecule has 1 aromatic heterocycles. The van der Waals surface area contributed by atoms with Crippen molar-refractivity contribution in [2.24, 2.45) is 5.14 Å². The fourth-order valence-electron chi connectivity index (χ4n) is 2.69. The zero-order chi connectivity index (χ0) is 19.4. The van der Waals surface area contributed by atoms with Crippen molar-refractivity contribution >= 4 is 27.0 Å². The number of imidazole rings is 1. The number of primary sulfonamides is 1. The number of ether oxygens (including phenoxy) is 3. The molecule has 1 aliphatic rings. The summed E-state index contributed by atoms with van der Waals surface area (Å²) < 4.78 is 40.6. The van der Waals surface area contributed by atoms with E-state index in [1.165, 1.54) is 18.4 Å². The molecule has 0 aliphatic carbocycles. The van der Waals surface area contributed by atoms with Gasteiger partial charge in [0, 0.05) is 6.54 Å². The molecule has 2 N–H and O–H groups in total. The summed E-state index contributed by atoms with van der Waals surface area (Å²) in [5.74, 6) is -0.126. The van der Waals surface area contributed by atoms with Crippen LogP contribution in [0.15, 0.2) is 35.1 Å². The Labute approximate surface area is 156 Å². The van der Waals surface area contributed by atoms with Crippen LogP contribution in [-0.4, -0.2) is 37.2 Å². The monoisotopic (exact) mass is 395 g/mol. The Morgan fingerprint density at radius 3 is 2.85 bits per heavy atom. The maximum absolute atomic E-state index is 12.1. The number of hydrogen-bond donors (Lipinski definition) is 1.